The van der Waals surface area contributed by atoms with Gasteiger partial charge in [0.25, 0.3) is 0 Å². The minimum Gasteiger partial charge on any atom is -0.370 e. The number of benzene rings is 2. The van der Waals surface area contributed by atoms with Crippen molar-refractivity contribution in [2.75, 3.05) is 26.2 Å². The van der Waals surface area contributed by atoms with Crippen molar-refractivity contribution in [3.63, 3.8) is 0 Å². The van der Waals surface area contributed by atoms with E-state index >= 15 is 0 Å². The number of amides is 1. The van der Waals surface area contributed by atoms with E-state index in [0.29, 0.717) is 18.1 Å². The maximum Gasteiger partial charge on any atom is 0.247 e. The standard InChI is InChI=1S/C29H40ClN7O/c1-19-15-22(30)10-11-25(19)29(3,33)27(38)37-17-20(2)36(18-23(37)7-6-13-34-28(31)32)14-12-21-16-35-26-9-5-4-8-24(21)26/h4-5,8-11,15-16,20,23,35H,6-7,12-14,17-18,33H2,1-3H3,(H4,31,32,34)/t20-,23+,29-/m1/s1. The Bertz CT molecular complexity index is 1290. The maximum atomic E-state index is 14.0. The second-order valence-corrected chi connectivity index (χ2v) is 11.1. The van der Waals surface area contributed by atoms with Gasteiger partial charge in [0.15, 0.2) is 5.96 Å². The molecule has 9 heteroatoms. The average Bonchev–Trinajstić information content (AvgIpc) is 3.28. The van der Waals surface area contributed by atoms with Crippen molar-refractivity contribution >= 4 is 34.4 Å². The van der Waals surface area contributed by atoms with Gasteiger partial charge in [-0.25, -0.2) is 0 Å². The van der Waals surface area contributed by atoms with Gasteiger partial charge < -0.3 is 26.7 Å². The number of para-hydroxylation sites is 1. The Hall–Kier alpha value is -3.07. The Morgan fingerprint density at radius 3 is 2.76 bits per heavy atom. The number of hydrogen-bond donors (Lipinski definition) is 5. The molecule has 0 saturated carbocycles. The summed E-state index contributed by atoms with van der Waals surface area (Å²) in [6.45, 7) is 8.80. The topological polar surface area (TPSA) is 127 Å². The lowest BCUT2D eigenvalue weighted by Crippen LogP contribution is -2.63. The number of guanidine groups is 1. The number of carbonyl (C=O) groups is 1. The average molecular weight is 538 g/mol. The zero-order valence-corrected chi connectivity index (χ0v) is 23.3. The molecule has 38 heavy (non-hydrogen) atoms. The van der Waals surface area contributed by atoms with Crippen molar-refractivity contribution in [2.45, 2.75) is 57.7 Å². The van der Waals surface area contributed by atoms with Crippen molar-refractivity contribution in [3.05, 3.63) is 70.4 Å². The predicted molar refractivity (Wildman–Crippen MR) is 155 cm³/mol. The molecule has 2 heterocycles. The van der Waals surface area contributed by atoms with Gasteiger partial charge in [-0.05, 0) is 74.9 Å². The van der Waals surface area contributed by atoms with Gasteiger partial charge in [0, 0.05) is 60.4 Å². The first-order chi connectivity index (χ1) is 18.1. The van der Waals surface area contributed by atoms with Gasteiger partial charge in [0.1, 0.15) is 5.54 Å². The summed E-state index contributed by atoms with van der Waals surface area (Å²) in [6, 6.07) is 14.1. The summed E-state index contributed by atoms with van der Waals surface area (Å²) < 4.78 is 0. The molecular formula is C29H40ClN7O. The number of H-pyrrole nitrogens is 1. The molecule has 7 N–H and O–H groups in total. The second kappa shape index (κ2) is 11.8. The van der Waals surface area contributed by atoms with Crippen LogP contribution in [-0.2, 0) is 16.8 Å². The van der Waals surface area contributed by atoms with E-state index in [0.717, 1.165) is 49.0 Å². The lowest BCUT2D eigenvalue weighted by molar-refractivity contribution is -0.143. The number of halogens is 1. The minimum absolute atomic E-state index is 0.00547. The monoisotopic (exact) mass is 537 g/mol. The molecule has 3 atom stereocenters. The largest absolute Gasteiger partial charge is 0.370 e. The lowest BCUT2D eigenvalue weighted by atomic mass is 9.86. The first kappa shape index (κ1) is 28.0. The Morgan fingerprint density at radius 2 is 2.03 bits per heavy atom. The molecule has 1 fully saturated rings. The summed E-state index contributed by atoms with van der Waals surface area (Å²) in [5.74, 6) is -0.112. The van der Waals surface area contributed by atoms with Crippen molar-refractivity contribution < 1.29 is 4.79 Å². The number of nitrogens with zero attached hydrogens (tertiary/aromatic N) is 2. The third-order valence-electron chi connectivity index (χ3n) is 7.80. The van der Waals surface area contributed by atoms with Crippen molar-refractivity contribution in [2.24, 2.45) is 11.5 Å². The van der Waals surface area contributed by atoms with Crippen LogP contribution in [0.2, 0.25) is 5.02 Å². The highest BCUT2D eigenvalue weighted by molar-refractivity contribution is 6.30. The molecule has 0 spiro atoms. The van der Waals surface area contributed by atoms with E-state index in [-0.39, 0.29) is 24.0 Å². The molecule has 1 aromatic heterocycles. The van der Waals surface area contributed by atoms with Crippen LogP contribution in [0.3, 0.4) is 0 Å². The summed E-state index contributed by atoms with van der Waals surface area (Å²) >= 11 is 6.17. The van der Waals surface area contributed by atoms with Gasteiger partial charge in [0.2, 0.25) is 5.91 Å². The van der Waals surface area contributed by atoms with Crippen LogP contribution < -0.4 is 16.8 Å². The number of fused-ring (bicyclic) bond motifs is 1. The number of aromatic nitrogens is 1. The molecular weight excluding hydrogens is 498 g/mol. The van der Waals surface area contributed by atoms with E-state index in [2.05, 4.69) is 46.5 Å². The number of aromatic amines is 1. The summed E-state index contributed by atoms with van der Waals surface area (Å²) in [4.78, 5) is 21.9. The van der Waals surface area contributed by atoms with Crippen molar-refractivity contribution in [1.29, 1.82) is 5.41 Å². The lowest BCUT2D eigenvalue weighted by Gasteiger charge is -2.48. The summed E-state index contributed by atoms with van der Waals surface area (Å²) in [6.07, 6.45) is 4.62. The summed E-state index contributed by atoms with van der Waals surface area (Å²) in [5, 5.41) is 12.2. The van der Waals surface area contributed by atoms with Crippen molar-refractivity contribution in [1.82, 2.24) is 20.1 Å². The van der Waals surface area contributed by atoms with Crippen LogP contribution in [-0.4, -0.2) is 64.9 Å². The predicted octanol–water partition coefficient (Wildman–Crippen LogP) is 3.71. The SMILES string of the molecule is Cc1cc(Cl)ccc1[C@@](C)(N)C(=O)N1C[C@@H](C)N(CCc2c[nH]c3ccccc23)C[C@@H]1CCCNC(=N)N. The van der Waals surface area contributed by atoms with E-state index in [4.69, 9.17) is 28.5 Å². The fourth-order valence-electron chi connectivity index (χ4n) is 5.69. The number of piperazine rings is 1. The fourth-order valence-corrected chi connectivity index (χ4v) is 5.92. The van der Waals surface area contributed by atoms with Gasteiger partial charge in [-0.15, -0.1) is 0 Å². The highest BCUT2D eigenvalue weighted by Gasteiger charge is 2.42. The van der Waals surface area contributed by atoms with E-state index < -0.39 is 5.54 Å². The number of aryl methyl sites for hydroxylation is 1. The highest BCUT2D eigenvalue weighted by Crippen LogP contribution is 2.30. The van der Waals surface area contributed by atoms with Gasteiger partial charge in [-0.3, -0.25) is 15.1 Å². The minimum atomic E-state index is -1.17. The van der Waals surface area contributed by atoms with Crippen LogP contribution >= 0.6 is 11.6 Å². The Balaban J connectivity index is 1.51. The number of rotatable bonds is 9. The first-order valence-electron chi connectivity index (χ1n) is 13.3. The van der Waals surface area contributed by atoms with E-state index in [1.807, 2.05) is 30.0 Å². The number of hydrogen-bond acceptors (Lipinski definition) is 4. The van der Waals surface area contributed by atoms with Crippen LogP contribution in [0.1, 0.15) is 43.4 Å². The van der Waals surface area contributed by atoms with Gasteiger partial charge in [0.05, 0.1) is 0 Å². The van der Waals surface area contributed by atoms with Crippen LogP contribution in [0.5, 0.6) is 0 Å². The molecule has 1 saturated heterocycles. The normalized spacial score (nSPS) is 19.9. The molecule has 0 radical (unpaired) electrons. The van der Waals surface area contributed by atoms with E-state index in [1.54, 1.807) is 13.0 Å². The highest BCUT2D eigenvalue weighted by atomic mass is 35.5. The molecule has 4 rings (SSSR count). The summed E-state index contributed by atoms with van der Waals surface area (Å²) in [7, 11) is 0. The van der Waals surface area contributed by atoms with Gasteiger partial charge >= 0.3 is 0 Å². The zero-order valence-electron chi connectivity index (χ0n) is 22.6. The van der Waals surface area contributed by atoms with Crippen molar-refractivity contribution in [3.8, 4) is 0 Å². The number of carbonyl (C=O) groups excluding carboxylic acids is 1. The molecule has 0 unspecified atom stereocenters. The maximum absolute atomic E-state index is 14.0. The van der Waals surface area contributed by atoms with Gasteiger partial charge in [-0.1, -0.05) is 35.9 Å². The Kier molecular flexibility index (Phi) is 8.65. The molecule has 2 aromatic carbocycles. The quantitative estimate of drug-likeness (QED) is 0.161. The van der Waals surface area contributed by atoms with E-state index in [1.165, 1.54) is 10.9 Å². The molecule has 8 nitrogen and oxygen atoms in total. The Labute approximate surface area is 230 Å². The number of nitrogens with two attached hydrogens (primary N) is 2. The first-order valence-corrected chi connectivity index (χ1v) is 13.7. The summed E-state index contributed by atoms with van der Waals surface area (Å²) in [5.41, 5.74) is 15.2. The third-order valence-corrected chi connectivity index (χ3v) is 8.03. The number of nitrogens with one attached hydrogen (secondary N) is 3. The second-order valence-electron chi connectivity index (χ2n) is 10.7. The fraction of sp³-hybridized carbons (Fsp3) is 0.448. The molecule has 204 valence electrons. The smallest absolute Gasteiger partial charge is 0.247 e. The van der Waals surface area contributed by atoms with Crippen LogP contribution in [0.4, 0.5) is 0 Å². The molecule has 0 aliphatic carbocycles. The van der Waals surface area contributed by atoms with Crippen LogP contribution in [0, 0.1) is 12.3 Å². The van der Waals surface area contributed by atoms with Crippen LogP contribution in [0.15, 0.2) is 48.7 Å². The molecule has 1 amide bonds. The van der Waals surface area contributed by atoms with E-state index in [9.17, 15) is 4.79 Å². The zero-order chi connectivity index (χ0) is 27.4. The molecule has 3 aromatic rings. The molecule has 0 bridgehead atoms. The van der Waals surface area contributed by atoms with Gasteiger partial charge in [-0.2, -0.15) is 0 Å². The Morgan fingerprint density at radius 1 is 1.26 bits per heavy atom. The third kappa shape index (κ3) is 6.14. The van der Waals surface area contributed by atoms with Crippen LogP contribution in [0.25, 0.3) is 10.9 Å². The molecule has 1 aliphatic heterocycles. The molecule has 1 aliphatic rings.